The van der Waals surface area contributed by atoms with Crippen molar-refractivity contribution in [3.8, 4) is 0 Å². The maximum atomic E-state index is 4.59. The van der Waals surface area contributed by atoms with Gasteiger partial charge in [-0.2, -0.15) is 0 Å². The lowest BCUT2D eigenvalue weighted by Crippen LogP contribution is -2.34. The van der Waals surface area contributed by atoms with Crippen molar-refractivity contribution in [2.45, 2.75) is 47.0 Å². The van der Waals surface area contributed by atoms with E-state index in [0.717, 1.165) is 11.8 Å². The molecule has 0 nitrogen and oxygen atoms in total. The van der Waals surface area contributed by atoms with Crippen molar-refractivity contribution in [2.75, 3.05) is 0 Å². The first kappa shape index (κ1) is 12.3. The van der Waals surface area contributed by atoms with E-state index >= 15 is 0 Å². The second-order valence-corrected chi connectivity index (χ2v) is 6.53. The first-order valence-corrected chi connectivity index (χ1v) is 7.00. The summed E-state index contributed by atoms with van der Waals surface area (Å²) in [5.74, 6) is 2.31. The molecular weight excluding hydrogens is 212 g/mol. The molecule has 4 atom stereocenters. The molecule has 2 aliphatic rings. The summed E-state index contributed by atoms with van der Waals surface area (Å²) in [6.07, 6.45) is 8.99. The van der Waals surface area contributed by atoms with Gasteiger partial charge in [-0.3, -0.25) is 0 Å². The Morgan fingerprint density at radius 3 is 2.69 bits per heavy atom. The van der Waals surface area contributed by atoms with Crippen LogP contribution >= 0.6 is 12.6 Å². The third-order valence-corrected chi connectivity index (χ3v) is 5.60. The Bertz CT molecular complexity index is 339. The largest absolute Gasteiger partial charge is 0.143 e. The van der Waals surface area contributed by atoms with E-state index in [-0.39, 0.29) is 0 Å². The molecule has 1 fully saturated rings. The summed E-state index contributed by atoms with van der Waals surface area (Å²) >= 11 is 4.59. The second-order valence-electron chi connectivity index (χ2n) is 6.05. The van der Waals surface area contributed by atoms with E-state index in [1.807, 2.05) is 0 Å². The molecule has 1 saturated carbocycles. The lowest BCUT2D eigenvalue weighted by Gasteiger charge is -2.42. The standard InChI is InChI=1S/C15H24S/c1-10-6-5-7-13-8-14(16)11(2)9-15(13,4)12(10)3/h8-10,12-13,16H,5-7H2,1-4H3. The molecule has 2 rings (SSSR count). The summed E-state index contributed by atoms with van der Waals surface area (Å²) in [7, 11) is 0. The first-order chi connectivity index (χ1) is 7.45. The topological polar surface area (TPSA) is 0 Å². The summed E-state index contributed by atoms with van der Waals surface area (Å²) in [5.41, 5.74) is 1.72. The molecule has 4 unspecified atom stereocenters. The van der Waals surface area contributed by atoms with Crippen LogP contribution in [0, 0.1) is 23.2 Å². The van der Waals surface area contributed by atoms with Crippen LogP contribution in [0.25, 0.3) is 0 Å². The van der Waals surface area contributed by atoms with E-state index in [1.54, 1.807) is 0 Å². The van der Waals surface area contributed by atoms with Gasteiger partial charge in [0.1, 0.15) is 0 Å². The minimum atomic E-state index is 0.353. The number of hydrogen-bond acceptors (Lipinski definition) is 1. The SMILES string of the molecule is CC1=CC2(C)C(C=C1S)CCCC(C)C2C. The molecule has 16 heavy (non-hydrogen) atoms. The van der Waals surface area contributed by atoms with E-state index in [0.29, 0.717) is 11.3 Å². The molecule has 0 spiro atoms. The maximum Gasteiger partial charge on any atom is 0.00294 e. The van der Waals surface area contributed by atoms with Gasteiger partial charge in [0.2, 0.25) is 0 Å². The van der Waals surface area contributed by atoms with Crippen LogP contribution in [0.5, 0.6) is 0 Å². The van der Waals surface area contributed by atoms with Gasteiger partial charge in [0, 0.05) is 4.91 Å². The fraction of sp³-hybridized carbons (Fsp3) is 0.733. The molecule has 0 aromatic rings. The van der Waals surface area contributed by atoms with Crippen molar-refractivity contribution in [1.82, 2.24) is 0 Å². The molecular formula is C15H24S. The summed E-state index contributed by atoms with van der Waals surface area (Å²) < 4.78 is 0. The zero-order valence-electron chi connectivity index (χ0n) is 11.0. The maximum absolute atomic E-state index is 4.59. The van der Waals surface area contributed by atoms with Crippen LogP contribution in [-0.2, 0) is 0 Å². The smallest absolute Gasteiger partial charge is 0.00294 e. The lowest BCUT2D eigenvalue weighted by molar-refractivity contribution is 0.159. The van der Waals surface area contributed by atoms with Crippen molar-refractivity contribution in [2.24, 2.45) is 23.2 Å². The van der Waals surface area contributed by atoms with Crippen LogP contribution in [0.3, 0.4) is 0 Å². The number of thiol groups is 1. The molecule has 0 heterocycles. The van der Waals surface area contributed by atoms with Crippen LogP contribution in [0.4, 0.5) is 0 Å². The highest BCUT2D eigenvalue weighted by Crippen LogP contribution is 2.51. The van der Waals surface area contributed by atoms with Crippen molar-refractivity contribution in [3.63, 3.8) is 0 Å². The van der Waals surface area contributed by atoms with E-state index in [9.17, 15) is 0 Å². The molecule has 0 N–H and O–H groups in total. The van der Waals surface area contributed by atoms with Gasteiger partial charge in [-0.05, 0) is 42.1 Å². The average Bonchev–Trinajstić information content (AvgIpc) is 2.32. The fourth-order valence-corrected chi connectivity index (χ4v) is 3.78. The van der Waals surface area contributed by atoms with Gasteiger partial charge in [0.25, 0.3) is 0 Å². The van der Waals surface area contributed by atoms with Crippen LogP contribution in [0.2, 0.25) is 0 Å². The Kier molecular flexibility index (Phi) is 3.27. The number of allylic oxidation sites excluding steroid dienone is 3. The highest BCUT2D eigenvalue weighted by atomic mass is 32.1. The molecule has 2 aliphatic carbocycles. The summed E-state index contributed by atoms with van der Waals surface area (Å²) in [4.78, 5) is 1.20. The highest BCUT2D eigenvalue weighted by molar-refractivity contribution is 7.84. The van der Waals surface area contributed by atoms with Crippen molar-refractivity contribution >= 4 is 12.6 Å². The van der Waals surface area contributed by atoms with E-state index in [4.69, 9.17) is 0 Å². The van der Waals surface area contributed by atoms with Gasteiger partial charge in [0.15, 0.2) is 0 Å². The first-order valence-electron chi connectivity index (χ1n) is 6.55. The average molecular weight is 236 g/mol. The minimum Gasteiger partial charge on any atom is -0.143 e. The second kappa shape index (κ2) is 4.25. The summed E-state index contributed by atoms with van der Waals surface area (Å²) in [6.45, 7) is 9.50. The van der Waals surface area contributed by atoms with Gasteiger partial charge >= 0.3 is 0 Å². The zero-order chi connectivity index (χ0) is 11.9. The quantitative estimate of drug-likeness (QED) is 0.572. The molecule has 0 radical (unpaired) electrons. The van der Waals surface area contributed by atoms with Crippen LogP contribution in [0.1, 0.15) is 47.0 Å². The van der Waals surface area contributed by atoms with Gasteiger partial charge in [-0.15, -0.1) is 12.6 Å². The minimum absolute atomic E-state index is 0.353. The van der Waals surface area contributed by atoms with E-state index in [1.165, 1.54) is 29.7 Å². The summed E-state index contributed by atoms with van der Waals surface area (Å²) in [5, 5.41) is 0. The van der Waals surface area contributed by atoms with E-state index < -0.39 is 0 Å². The predicted molar refractivity (Wildman–Crippen MR) is 74.6 cm³/mol. The third kappa shape index (κ3) is 1.88. The van der Waals surface area contributed by atoms with Crippen molar-refractivity contribution in [3.05, 3.63) is 22.6 Å². The molecule has 0 bridgehead atoms. The van der Waals surface area contributed by atoms with Crippen molar-refractivity contribution in [1.29, 1.82) is 0 Å². The number of rotatable bonds is 0. The van der Waals surface area contributed by atoms with E-state index in [2.05, 4.69) is 52.5 Å². The molecule has 0 saturated heterocycles. The lowest BCUT2D eigenvalue weighted by atomic mass is 9.63. The predicted octanol–water partition coefficient (Wildman–Crippen LogP) is 4.84. The van der Waals surface area contributed by atoms with Crippen molar-refractivity contribution < 1.29 is 0 Å². The fourth-order valence-electron chi connectivity index (χ4n) is 3.54. The zero-order valence-corrected chi connectivity index (χ0v) is 11.8. The number of hydrogen-bond donors (Lipinski definition) is 1. The van der Waals surface area contributed by atoms with Crippen LogP contribution in [0.15, 0.2) is 22.6 Å². The van der Waals surface area contributed by atoms with Gasteiger partial charge < -0.3 is 0 Å². The molecule has 0 amide bonds. The molecule has 90 valence electrons. The van der Waals surface area contributed by atoms with Gasteiger partial charge in [-0.1, -0.05) is 45.8 Å². The number of fused-ring (bicyclic) bond motifs is 1. The molecule has 0 aromatic carbocycles. The van der Waals surface area contributed by atoms with Gasteiger partial charge in [0.05, 0.1) is 0 Å². The monoisotopic (exact) mass is 236 g/mol. The van der Waals surface area contributed by atoms with Gasteiger partial charge in [-0.25, -0.2) is 0 Å². The highest BCUT2D eigenvalue weighted by Gasteiger charge is 2.42. The Balaban J connectivity index is 2.40. The third-order valence-electron chi connectivity index (χ3n) is 5.10. The molecule has 0 aliphatic heterocycles. The Morgan fingerprint density at radius 2 is 2.00 bits per heavy atom. The summed E-state index contributed by atoms with van der Waals surface area (Å²) in [6, 6.07) is 0. The normalized spacial score (nSPS) is 44.2. The van der Waals surface area contributed by atoms with Crippen LogP contribution < -0.4 is 0 Å². The Morgan fingerprint density at radius 1 is 1.31 bits per heavy atom. The molecule has 0 aromatic heterocycles. The van der Waals surface area contributed by atoms with Crippen LogP contribution in [-0.4, -0.2) is 0 Å². The Labute approximate surface area is 106 Å². The molecule has 1 heteroatoms. The Hall–Kier alpha value is -0.170.